The summed E-state index contributed by atoms with van der Waals surface area (Å²) in [5, 5.41) is 13.1. The van der Waals surface area contributed by atoms with E-state index in [-0.39, 0.29) is 28.1 Å². The maximum absolute atomic E-state index is 11.8. The van der Waals surface area contributed by atoms with Crippen LogP contribution in [-0.4, -0.2) is 33.1 Å². The third-order valence-corrected chi connectivity index (χ3v) is 4.14. The highest BCUT2D eigenvalue weighted by atomic mass is 35.5. The van der Waals surface area contributed by atoms with E-state index in [0.717, 1.165) is 6.07 Å². The number of nitrogens with zero attached hydrogens (tertiary/aromatic N) is 1. The number of rotatable bonds is 5. The zero-order valence-corrected chi connectivity index (χ0v) is 12.0. The molecule has 19 heavy (non-hydrogen) atoms. The highest BCUT2D eigenvalue weighted by Crippen LogP contribution is 2.24. The quantitative estimate of drug-likeness (QED) is 0.663. The lowest BCUT2D eigenvalue weighted by atomic mass is 10.2. The van der Waals surface area contributed by atoms with Gasteiger partial charge in [-0.3, -0.25) is 19.1 Å². The Labute approximate surface area is 117 Å². The summed E-state index contributed by atoms with van der Waals surface area (Å²) in [4.78, 5) is 21.8. The van der Waals surface area contributed by atoms with Crippen molar-refractivity contribution in [2.24, 2.45) is 0 Å². The minimum absolute atomic E-state index is 0.0235. The van der Waals surface area contributed by atoms with Crippen molar-refractivity contribution in [1.29, 1.82) is 0 Å². The normalized spacial score (nSPS) is 13.6. The van der Waals surface area contributed by atoms with Gasteiger partial charge in [-0.15, -0.1) is 0 Å². The number of hydrogen-bond acceptors (Lipinski definition) is 4. The van der Waals surface area contributed by atoms with Crippen molar-refractivity contribution >= 4 is 34.0 Å². The van der Waals surface area contributed by atoms with E-state index in [4.69, 9.17) is 11.6 Å². The molecule has 0 saturated carbocycles. The van der Waals surface area contributed by atoms with Crippen LogP contribution in [0.4, 0.5) is 5.69 Å². The first-order chi connectivity index (χ1) is 8.82. The number of carbonyl (C=O) groups is 1. The monoisotopic (exact) mass is 304 g/mol. The molecule has 6 nitrogen and oxygen atoms in total. The second kappa shape index (κ2) is 6.63. The van der Waals surface area contributed by atoms with Gasteiger partial charge in [-0.05, 0) is 19.1 Å². The van der Waals surface area contributed by atoms with E-state index < -0.39 is 21.6 Å². The molecule has 2 unspecified atom stereocenters. The van der Waals surface area contributed by atoms with Crippen molar-refractivity contribution in [2.75, 3.05) is 12.8 Å². The van der Waals surface area contributed by atoms with Crippen LogP contribution in [0.1, 0.15) is 17.3 Å². The van der Waals surface area contributed by atoms with Gasteiger partial charge in [0.05, 0.1) is 4.92 Å². The zero-order valence-electron chi connectivity index (χ0n) is 10.4. The van der Waals surface area contributed by atoms with Crippen molar-refractivity contribution in [3.8, 4) is 0 Å². The maximum atomic E-state index is 11.8. The summed E-state index contributed by atoms with van der Waals surface area (Å²) in [6.07, 6.45) is 1.55. The fourth-order valence-corrected chi connectivity index (χ4v) is 1.75. The average molecular weight is 305 g/mol. The average Bonchev–Trinajstić information content (AvgIpc) is 2.35. The molecule has 0 aliphatic rings. The fourth-order valence-electron chi connectivity index (χ4n) is 1.25. The summed E-state index contributed by atoms with van der Waals surface area (Å²) in [5.74, 6) is -0.461. The van der Waals surface area contributed by atoms with E-state index in [1.54, 1.807) is 13.2 Å². The molecule has 1 aromatic rings. The molecule has 0 fully saturated rings. The molecule has 0 bridgehead atoms. The minimum Gasteiger partial charge on any atom is -0.351 e. The van der Waals surface area contributed by atoms with Gasteiger partial charge in [0.25, 0.3) is 11.6 Å². The van der Waals surface area contributed by atoms with E-state index in [1.807, 2.05) is 0 Å². The molecule has 8 heteroatoms. The van der Waals surface area contributed by atoms with Crippen molar-refractivity contribution in [1.82, 2.24) is 5.32 Å². The Morgan fingerprint density at radius 1 is 1.58 bits per heavy atom. The SMILES string of the molecule is CC(CNC(=O)c1ccc(Cl)c([N+](=O)[O-])c1)S(C)=O. The van der Waals surface area contributed by atoms with Gasteiger partial charge in [-0.2, -0.15) is 0 Å². The number of amides is 1. The summed E-state index contributed by atoms with van der Waals surface area (Å²) in [6.45, 7) is 1.97. The van der Waals surface area contributed by atoms with E-state index in [0.29, 0.717) is 0 Å². The van der Waals surface area contributed by atoms with Crippen LogP contribution in [0.3, 0.4) is 0 Å². The predicted molar refractivity (Wildman–Crippen MR) is 74.0 cm³/mol. The predicted octanol–water partition coefficient (Wildman–Crippen LogP) is 1.75. The molecular formula is C11H13ClN2O4S. The first-order valence-corrected chi connectivity index (χ1v) is 7.37. The smallest absolute Gasteiger partial charge is 0.288 e. The van der Waals surface area contributed by atoms with Crippen molar-refractivity contribution in [3.63, 3.8) is 0 Å². The van der Waals surface area contributed by atoms with Crippen LogP contribution in [0, 0.1) is 10.1 Å². The fraction of sp³-hybridized carbons (Fsp3) is 0.364. The molecule has 0 heterocycles. The number of nitrogens with one attached hydrogen (secondary N) is 1. The van der Waals surface area contributed by atoms with Crippen LogP contribution in [-0.2, 0) is 10.8 Å². The number of carbonyl (C=O) groups excluding carboxylic acids is 1. The van der Waals surface area contributed by atoms with Gasteiger partial charge in [0, 0.05) is 40.5 Å². The first kappa shape index (κ1) is 15.6. The molecule has 0 aromatic heterocycles. The summed E-state index contributed by atoms with van der Waals surface area (Å²) in [6, 6.07) is 3.82. The van der Waals surface area contributed by atoms with Gasteiger partial charge in [-0.1, -0.05) is 11.6 Å². The Balaban J connectivity index is 2.80. The Kier molecular flexibility index (Phi) is 5.44. The van der Waals surface area contributed by atoms with Gasteiger partial charge in [0.2, 0.25) is 0 Å². The molecular weight excluding hydrogens is 292 g/mol. The van der Waals surface area contributed by atoms with Crippen LogP contribution >= 0.6 is 11.6 Å². The highest BCUT2D eigenvalue weighted by molar-refractivity contribution is 7.84. The maximum Gasteiger partial charge on any atom is 0.288 e. The van der Waals surface area contributed by atoms with Crippen LogP contribution in [0.15, 0.2) is 18.2 Å². The van der Waals surface area contributed by atoms with E-state index in [1.165, 1.54) is 12.1 Å². The molecule has 1 amide bonds. The second-order valence-electron chi connectivity index (χ2n) is 3.94. The molecule has 0 spiro atoms. The van der Waals surface area contributed by atoms with Crippen LogP contribution in [0.5, 0.6) is 0 Å². The lowest BCUT2D eigenvalue weighted by Gasteiger charge is -2.10. The Bertz CT molecular complexity index is 535. The van der Waals surface area contributed by atoms with Gasteiger partial charge in [0.1, 0.15) is 5.02 Å². The molecule has 0 saturated heterocycles. The summed E-state index contributed by atoms with van der Waals surface area (Å²) in [5.41, 5.74) is -0.174. The minimum atomic E-state index is -1.04. The lowest BCUT2D eigenvalue weighted by Crippen LogP contribution is -2.32. The van der Waals surface area contributed by atoms with E-state index >= 15 is 0 Å². The number of hydrogen-bond donors (Lipinski definition) is 1. The third kappa shape index (κ3) is 4.29. The van der Waals surface area contributed by atoms with Crippen molar-refractivity contribution in [2.45, 2.75) is 12.2 Å². The molecule has 1 rings (SSSR count). The molecule has 2 atom stereocenters. The number of nitro benzene ring substituents is 1. The molecule has 1 aromatic carbocycles. The highest BCUT2D eigenvalue weighted by Gasteiger charge is 2.17. The first-order valence-electron chi connectivity index (χ1n) is 5.37. The van der Waals surface area contributed by atoms with Gasteiger partial charge >= 0.3 is 0 Å². The van der Waals surface area contributed by atoms with Crippen LogP contribution < -0.4 is 5.32 Å². The van der Waals surface area contributed by atoms with Crippen molar-refractivity contribution < 1.29 is 13.9 Å². The molecule has 104 valence electrons. The third-order valence-electron chi connectivity index (χ3n) is 2.52. The summed E-state index contributed by atoms with van der Waals surface area (Å²) >= 11 is 5.65. The number of benzene rings is 1. The Hall–Kier alpha value is -1.47. The van der Waals surface area contributed by atoms with Gasteiger partial charge in [0.15, 0.2) is 0 Å². The van der Waals surface area contributed by atoms with Gasteiger partial charge < -0.3 is 5.32 Å². The van der Waals surface area contributed by atoms with Gasteiger partial charge in [-0.25, -0.2) is 0 Å². The second-order valence-corrected chi connectivity index (χ2v) is 6.15. The number of nitro groups is 1. The number of halogens is 1. The Morgan fingerprint density at radius 3 is 2.74 bits per heavy atom. The topological polar surface area (TPSA) is 89.3 Å². The van der Waals surface area contributed by atoms with Crippen LogP contribution in [0.2, 0.25) is 5.02 Å². The van der Waals surface area contributed by atoms with E-state index in [9.17, 15) is 19.1 Å². The molecule has 0 aliphatic carbocycles. The summed E-state index contributed by atoms with van der Waals surface area (Å²) in [7, 11) is -1.04. The zero-order chi connectivity index (χ0) is 14.6. The Morgan fingerprint density at radius 2 is 2.21 bits per heavy atom. The van der Waals surface area contributed by atoms with Crippen LogP contribution in [0.25, 0.3) is 0 Å². The van der Waals surface area contributed by atoms with E-state index in [2.05, 4.69) is 5.32 Å². The largest absolute Gasteiger partial charge is 0.351 e. The molecule has 1 N–H and O–H groups in total. The summed E-state index contributed by atoms with van der Waals surface area (Å²) < 4.78 is 11.1. The molecule has 0 radical (unpaired) electrons. The lowest BCUT2D eigenvalue weighted by molar-refractivity contribution is -0.384. The standard InChI is InChI=1S/C11H13ClN2O4S/c1-7(19(2)18)6-13-11(15)8-3-4-9(12)10(5-8)14(16)17/h3-5,7H,6H2,1-2H3,(H,13,15). The van der Waals surface area contributed by atoms with Crippen molar-refractivity contribution in [3.05, 3.63) is 38.9 Å². The molecule has 0 aliphatic heterocycles.